The van der Waals surface area contributed by atoms with Crippen LogP contribution < -0.4 is 5.32 Å². The molecule has 1 amide bonds. The van der Waals surface area contributed by atoms with Crippen molar-refractivity contribution in [2.75, 3.05) is 0 Å². The zero-order valence-electron chi connectivity index (χ0n) is 12.7. The summed E-state index contributed by atoms with van der Waals surface area (Å²) >= 11 is 0. The summed E-state index contributed by atoms with van der Waals surface area (Å²) in [5.41, 5.74) is 1.92. The minimum absolute atomic E-state index is 0.0289. The molecule has 1 N–H and O–H groups in total. The molecule has 0 radical (unpaired) electrons. The van der Waals surface area contributed by atoms with E-state index in [2.05, 4.69) is 10.5 Å². The monoisotopic (exact) mass is 298 g/mol. The number of carbonyl (C=O) groups excluding carboxylic acids is 1. The molecule has 1 fully saturated rings. The van der Waals surface area contributed by atoms with Gasteiger partial charge in [0.1, 0.15) is 0 Å². The Hall–Kier alpha value is -2.10. The quantitative estimate of drug-likeness (QED) is 0.927. The van der Waals surface area contributed by atoms with Crippen LogP contribution in [-0.4, -0.2) is 23.8 Å². The van der Waals surface area contributed by atoms with Crippen LogP contribution in [0.15, 0.2) is 41.6 Å². The second-order valence-electron chi connectivity index (χ2n) is 5.97. The number of allylic oxidation sites excluding steroid dienone is 1. The van der Waals surface area contributed by atoms with E-state index in [9.17, 15) is 4.79 Å². The Morgan fingerprint density at radius 1 is 1.14 bits per heavy atom. The average molecular weight is 298 g/mol. The lowest BCUT2D eigenvalue weighted by atomic mass is 9.95. The Morgan fingerprint density at radius 2 is 1.91 bits per heavy atom. The van der Waals surface area contributed by atoms with E-state index in [-0.39, 0.29) is 5.91 Å². The van der Waals surface area contributed by atoms with Gasteiger partial charge in [-0.1, -0.05) is 60.8 Å². The fourth-order valence-electron chi connectivity index (χ4n) is 2.93. The summed E-state index contributed by atoms with van der Waals surface area (Å²) in [6.07, 6.45) is 9.84. The molecule has 0 bridgehead atoms. The van der Waals surface area contributed by atoms with Crippen LogP contribution in [0.4, 0.5) is 0 Å². The van der Waals surface area contributed by atoms with Gasteiger partial charge in [0.05, 0.1) is 5.71 Å². The van der Waals surface area contributed by atoms with Crippen molar-refractivity contribution >= 4 is 17.7 Å². The van der Waals surface area contributed by atoms with E-state index in [0.717, 1.165) is 24.1 Å². The number of hydrogen-bond donors (Lipinski definition) is 1. The van der Waals surface area contributed by atoms with E-state index in [0.29, 0.717) is 12.5 Å². The Morgan fingerprint density at radius 3 is 2.68 bits per heavy atom. The second-order valence-corrected chi connectivity index (χ2v) is 5.97. The van der Waals surface area contributed by atoms with Crippen molar-refractivity contribution in [2.24, 2.45) is 5.16 Å². The van der Waals surface area contributed by atoms with Crippen LogP contribution in [0.5, 0.6) is 0 Å². The van der Waals surface area contributed by atoms with Crippen LogP contribution in [0.1, 0.15) is 44.1 Å². The molecule has 0 aromatic heterocycles. The van der Waals surface area contributed by atoms with E-state index in [4.69, 9.17) is 4.84 Å². The molecule has 1 aliphatic carbocycles. The first kappa shape index (κ1) is 14.8. The Labute approximate surface area is 131 Å². The summed E-state index contributed by atoms with van der Waals surface area (Å²) in [5, 5.41) is 7.11. The highest BCUT2D eigenvalue weighted by Crippen LogP contribution is 2.19. The van der Waals surface area contributed by atoms with Gasteiger partial charge in [-0.15, -0.1) is 0 Å². The molecule has 1 heterocycles. The molecular weight excluding hydrogens is 276 g/mol. The molecule has 0 saturated heterocycles. The van der Waals surface area contributed by atoms with Crippen molar-refractivity contribution in [1.29, 1.82) is 0 Å². The lowest BCUT2D eigenvalue weighted by Gasteiger charge is -2.23. The lowest BCUT2D eigenvalue weighted by molar-refractivity contribution is -0.132. The molecule has 1 atom stereocenters. The fraction of sp³-hybridized carbons (Fsp3) is 0.444. The van der Waals surface area contributed by atoms with Crippen molar-refractivity contribution in [2.45, 2.75) is 50.7 Å². The number of benzene rings is 1. The zero-order chi connectivity index (χ0) is 15.2. The average Bonchev–Trinajstić information content (AvgIpc) is 3.04. The predicted octanol–water partition coefficient (Wildman–Crippen LogP) is 3.29. The van der Waals surface area contributed by atoms with Gasteiger partial charge in [-0.25, -0.2) is 0 Å². The number of amides is 1. The van der Waals surface area contributed by atoms with Gasteiger partial charge in [0.15, 0.2) is 0 Å². The standard InChI is InChI=1S/C18H22N2O2/c21-18(19-15-9-5-2-6-10-15)17-13-16(20-22-17)12-11-14-7-3-1-4-8-14/h1,3-4,7-8,11-12,15,17H,2,5-6,9-10,13H2,(H,19,21)/b12-11+. The first-order chi connectivity index (χ1) is 10.8. The Kier molecular flexibility index (Phi) is 4.88. The molecule has 3 rings (SSSR count). The van der Waals surface area contributed by atoms with Gasteiger partial charge >= 0.3 is 0 Å². The minimum atomic E-state index is -0.475. The number of nitrogens with one attached hydrogen (secondary N) is 1. The number of carbonyl (C=O) groups is 1. The molecule has 1 unspecified atom stereocenters. The van der Waals surface area contributed by atoms with Gasteiger partial charge in [-0.05, 0) is 24.5 Å². The molecular formula is C18H22N2O2. The van der Waals surface area contributed by atoms with Crippen LogP contribution in [0.3, 0.4) is 0 Å². The van der Waals surface area contributed by atoms with E-state index in [1.807, 2.05) is 42.5 Å². The van der Waals surface area contributed by atoms with Crippen LogP contribution in [0, 0.1) is 0 Å². The smallest absolute Gasteiger partial charge is 0.264 e. The van der Waals surface area contributed by atoms with E-state index >= 15 is 0 Å². The Bertz CT molecular complexity index is 560. The molecule has 22 heavy (non-hydrogen) atoms. The van der Waals surface area contributed by atoms with E-state index < -0.39 is 6.10 Å². The first-order valence-electron chi connectivity index (χ1n) is 8.07. The van der Waals surface area contributed by atoms with Crippen LogP contribution in [0.25, 0.3) is 6.08 Å². The lowest BCUT2D eigenvalue weighted by Crippen LogP contribution is -2.42. The van der Waals surface area contributed by atoms with Crippen molar-refractivity contribution in [3.63, 3.8) is 0 Å². The Balaban J connectivity index is 1.48. The minimum Gasteiger partial charge on any atom is -0.382 e. The van der Waals surface area contributed by atoms with Gasteiger partial charge in [-0.3, -0.25) is 4.79 Å². The zero-order valence-corrected chi connectivity index (χ0v) is 12.7. The number of rotatable bonds is 4. The summed E-state index contributed by atoms with van der Waals surface area (Å²) in [4.78, 5) is 17.5. The molecule has 0 spiro atoms. The normalized spacial score (nSPS) is 22.4. The largest absolute Gasteiger partial charge is 0.382 e. The number of oxime groups is 1. The molecule has 2 aliphatic rings. The van der Waals surface area contributed by atoms with Crippen LogP contribution in [-0.2, 0) is 9.63 Å². The highest BCUT2D eigenvalue weighted by molar-refractivity contribution is 6.02. The highest BCUT2D eigenvalue weighted by Gasteiger charge is 2.28. The molecule has 1 aliphatic heterocycles. The fourth-order valence-corrected chi connectivity index (χ4v) is 2.93. The second kappa shape index (κ2) is 7.25. The summed E-state index contributed by atoms with van der Waals surface area (Å²) in [6, 6.07) is 10.3. The number of nitrogens with zero attached hydrogens (tertiary/aromatic N) is 1. The molecule has 1 aromatic carbocycles. The van der Waals surface area contributed by atoms with E-state index in [1.165, 1.54) is 19.3 Å². The molecule has 4 heteroatoms. The highest BCUT2D eigenvalue weighted by atomic mass is 16.6. The van der Waals surface area contributed by atoms with Crippen LogP contribution in [0.2, 0.25) is 0 Å². The maximum atomic E-state index is 12.2. The van der Waals surface area contributed by atoms with Crippen molar-refractivity contribution in [3.05, 3.63) is 42.0 Å². The van der Waals surface area contributed by atoms with E-state index in [1.54, 1.807) is 0 Å². The summed E-state index contributed by atoms with van der Waals surface area (Å²) in [5.74, 6) is -0.0289. The summed E-state index contributed by atoms with van der Waals surface area (Å²) < 4.78 is 0. The molecule has 1 saturated carbocycles. The maximum Gasteiger partial charge on any atom is 0.264 e. The number of hydrogen-bond acceptors (Lipinski definition) is 3. The SMILES string of the molecule is O=C(NC1CCCCC1)C1CC(/C=C/c2ccccc2)=NO1. The van der Waals surface area contributed by atoms with Gasteiger partial charge in [0.25, 0.3) is 5.91 Å². The van der Waals surface area contributed by atoms with Gasteiger partial charge in [0.2, 0.25) is 6.10 Å². The maximum absolute atomic E-state index is 12.2. The van der Waals surface area contributed by atoms with Crippen molar-refractivity contribution < 1.29 is 9.63 Å². The third-order valence-corrected chi connectivity index (χ3v) is 4.20. The van der Waals surface area contributed by atoms with Gasteiger partial charge in [0, 0.05) is 12.5 Å². The molecule has 1 aromatic rings. The summed E-state index contributed by atoms with van der Waals surface area (Å²) in [7, 11) is 0. The summed E-state index contributed by atoms with van der Waals surface area (Å²) in [6.45, 7) is 0. The van der Waals surface area contributed by atoms with Crippen LogP contribution >= 0.6 is 0 Å². The van der Waals surface area contributed by atoms with Crippen molar-refractivity contribution in [3.8, 4) is 0 Å². The van der Waals surface area contributed by atoms with Crippen molar-refractivity contribution in [1.82, 2.24) is 5.32 Å². The third-order valence-electron chi connectivity index (χ3n) is 4.20. The topological polar surface area (TPSA) is 50.7 Å². The van der Waals surface area contributed by atoms with Gasteiger partial charge < -0.3 is 10.2 Å². The predicted molar refractivity (Wildman–Crippen MR) is 87.4 cm³/mol. The molecule has 116 valence electrons. The third kappa shape index (κ3) is 3.97. The molecule has 4 nitrogen and oxygen atoms in total. The first-order valence-corrected chi connectivity index (χ1v) is 8.07. The van der Waals surface area contributed by atoms with Gasteiger partial charge in [-0.2, -0.15) is 0 Å².